The number of phenols is 1. The van der Waals surface area contributed by atoms with Crippen molar-refractivity contribution in [3.63, 3.8) is 0 Å². The van der Waals surface area contributed by atoms with Crippen molar-refractivity contribution in [1.82, 2.24) is 4.90 Å². The molecule has 0 aromatic heterocycles. The van der Waals surface area contributed by atoms with Crippen molar-refractivity contribution in [3.8, 4) is 5.75 Å². The molecule has 3 nitrogen and oxygen atoms in total. The van der Waals surface area contributed by atoms with E-state index in [0.29, 0.717) is 17.6 Å². The number of phenolic OH excluding ortho intramolecular Hbond substituents is 1. The van der Waals surface area contributed by atoms with E-state index in [-0.39, 0.29) is 0 Å². The highest BCUT2D eigenvalue weighted by molar-refractivity contribution is 5.45. The molecule has 0 bridgehead atoms. The van der Waals surface area contributed by atoms with E-state index in [4.69, 9.17) is 4.74 Å². The maximum absolute atomic E-state index is 10.2. The lowest BCUT2D eigenvalue weighted by Crippen LogP contribution is -2.39. The van der Waals surface area contributed by atoms with Gasteiger partial charge in [-0.1, -0.05) is 24.6 Å². The molecule has 3 aliphatic rings. The Labute approximate surface area is 170 Å². The van der Waals surface area contributed by atoms with Crippen LogP contribution in [0.15, 0.2) is 23.8 Å². The van der Waals surface area contributed by atoms with Gasteiger partial charge in [0.1, 0.15) is 5.75 Å². The van der Waals surface area contributed by atoms with E-state index in [1.807, 2.05) is 6.92 Å². The zero-order valence-corrected chi connectivity index (χ0v) is 18.1. The Morgan fingerprint density at radius 2 is 1.96 bits per heavy atom. The molecule has 0 saturated heterocycles. The molecule has 2 fully saturated rings. The Balaban J connectivity index is 1.47. The summed E-state index contributed by atoms with van der Waals surface area (Å²) in [6.07, 6.45) is 8.77. The van der Waals surface area contributed by atoms with Gasteiger partial charge in [-0.25, -0.2) is 0 Å². The molecule has 1 aromatic rings. The van der Waals surface area contributed by atoms with Crippen LogP contribution in [0.5, 0.6) is 5.75 Å². The fraction of sp³-hybridized carbons (Fsp3) is 0.680. The second-order valence-electron chi connectivity index (χ2n) is 9.75. The molecule has 4 rings (SSSR count). The fourth-order valence-corrected chi connectivity index (χ4v) is 6.40. The summed E-state index contributed by atoms with van der Waals surface area (Å²) in [5.74, 6) is 4.29. The number of fused-ring (bicyclic) bond motifs is 5. The predicted molar refractivity (Wildman–Crippen MR) is 115 cm³/mol. The van der Waals surface area contributed by atoms with Crippen molar-refractivity contribution < 1.29 is 9.84 Å². The molecule has 0 amide bonds. The van der Waals surface area contributed by atoms with Crippen molar-refractivity contribution >= 4 is 0 Å². The van der Waals surface area contributed by atoms with Gasteiger partial charge in [0.25, 0.3) is 0 Å². The van der Waals surface area contributed by atoms with E-state index in [1.165, 1.54) is 31.2 Å². The quantitative estimate of drug-likeness (QED) is 0.579. The highest BCUT2D eigenvalue weighted by Crippen LogP contribution is 2.58. The van der Waals surface area contributed by atoms with Crippen LogP contribution in [0.2, 0.25) is 0 Å². The first-order valence-corrected chi connectivity index (χ1v) is 11.2. The normalized spacial score (nSPS) is 33.0. The lowest BCUT2D eigenvalue weighted by Gasteiger charge is -2.47. The number of nitrogens with zero attached hydrogens (tertiary/aromatic N) is 1. The number of benzene rings is 1. The van der Waals surface area contributed by atoms with Crippen molar-refractivity contribution in [2.24, 2.45) is 23.7 Å². The third-order valence-corrected chi connectivity index (χ3v) is 7.71. The molecular weight excluding hydrogens is 346 g/mol. The number of aromatic hydroxyl groups is 1. The van der Waals surface area contributed by atoms with E-state index >= 15 is 0 Å². The minimum Gasteiger partial charge on any atom is -0.508 e. The van der Waals surface area contributed by atoms with Crippen molar-refractivity contribution in [2.45, 2.75) is 51.9 Å². The summed E-state index contributed by atoms with van der Waals surface area (Å²) in [4.78, 5) is 2.17. The summed E-state index contributed by atoms with van der Waals surface area (Å²) in [5, 5.41) is 10.2. The van der Waals surface area contributed by atoms with E-state index in [9.17, 15) is 5.11 Å². The first-order chi connectivity index (χ1) is 13.5. The second kappa shape index (κ2) is 8.20. The van der Waals surface area contributed by atoms with Crippen molar-refractivity contribution in [2.75, 3.05) is 33.9 Å². The molecule has 0 radical (unpaired) electrons. The Kier molecular flexibility index (Phi) is 5.85. The Morgan fingerprint density at radius 1 is 1.18 bits per heavy atom. The minimum absolute atomic E-state index is 0.471. The third kappa shape index (κ3) is 3.76. The van der Waals surface area contributed by atoms with Crippen LogP contribution in [0.1, 0.15) is 55.2 Å². The predicted octanol–water partition coefficient (Wildman–Crippen LogP) is 4.92. The molecule has 0 spiro atoms. The number of hydrogen-bond donors (Lipinski definition) is 1. The maximum Gasteiger partial charge on any atom is 0.118 e. The van der Waals surface area contributed by atoms with Gasteiger partial charge in [-0.05, 0) is 105 Å². The van der Waals surface area contributed by atoms with Gasteiger partial charge in [-0.3, -0.25) is 0 Å². The summed E-state index contributed by atoms with van der Waals surface area (Å²) in [7, 11) is 4.18. The standard InChI is InChI=1S/C25H37NO2/c1-16-14-23-19(15-24(16)27)13-17(2)25-21-6-5-18(20(21)7-8-22(23)25)9-11-28-12-10-26(3)4/h9,14-15,17,20-22,25,27H,5-8,10-13H2,1-4H3/b18-9+. The Morgan fingerprint density at radius 3 is 2.75 bits per heavy atom. The topological polar surface area (TPSA) is 32.7 Å². The number of hydrogen-bond acceptors (Lipinski definition) is 3. The van der Waals surface area contributed by atoms with Gasteiger partial charge in [0, 0.05) is 6.54 Å². The zero-order chi connectivity index (χ0) is 19.8. The fourth-order valence-electron chi connectivity index (χ4n) is 6.40. The smallest absolute Gasteiger partial charge is 0.118 e. The zero-order valence-electron chi connectivity index (χ0n) is 18.1. The van der Waals surface area contributed by atoms with E-state index in [0.717, 1.165) is 49.5 Å². The molecule has 0 aliphatic heterocycles. The molecule has 1 aromatic carbocycles. The minimum atomic E-state index is 0.471. The van der Waals surface area contributed by atoms with Gasteiger partial charge in [0.15, 0.2) is 0 Å². The summed E-state index contributed by atoms with van der Waals surface area (Å²) in [6.45, 7) is 7.07. The average Bonchev–Trinajstić information content (AvgIpc) is 3.06. The van der Waals surface area contributed by atoms with Crippen LogP contribution in [0.25, 0.3) is 0 Å². The van der Waals surface area contributed by atoms with Gasteiger partial charge >= 0.3 is 0 Å². The van der Waals surface area contributed by atoms with Crippen LogP contribution in [-0.4, -0.2) is 43.9 Å². The second-order valence-corrected chi connectivity index (χ2v) is 9.75. The maximum atomic E-state index is 10.2. The lowest BCUT2D eigenvalue weighted by atomic mass is 9.57. The molecule has 5 atom stereocenters. The molecule has 154 valence electrons. The third-order valence-electron chi connectivity index (χ3n) is 7.71. The van der Waals surface area contributed by atoms with Crippen LogP contribution in [-0.2, 0) is 11.2 Å². The lowest BCUT2D eigenvalue weighted by molar-refractivity contribution is 0.103. The first-order valence-electron chi connectivity index (χ1n) is 11.2. The van der Waals surface area contributed by atoms with Crippen LogP contribution in [0.4, 0.5) is 0 Å². The Hall–Kier alpha value is -1.32. The monoisotopic (exact) mass is 383 g/mol. The average molecular weight is 384 g/mol. The van der Waals surface area contributed by atoms with E-state index in [2.05, 4.69) is 44.1 Å². The number of aryl methyl sites for hydroxylation is 1. The number of ether oxygens (including phenoxy) is 1. The van der Waals surface area contributed by atoms with Gasteiger partial charge in [0.05, 0.1) is 13.2 Å². The van der Waals surface area contributed by atoms with Crippen LogP contribution in [0, 0.1) is 30.6 Å². The van der Waals surface area contributed by atoms with Gasteiger partial charge < -0.3 is 14.7 Å². The van der Waals surface area contributed by atoms with E-state index < -0.39 is 0 Å². The molecule has 3 heteroatoms. The molecule has 3 aliphatic carbocycles. The van der Waals surface area contributed by atoms with Gasteiger partial charge in [-0.15, -0.1) is 0 Å². The SMILES string of the molecule is Cc1cc2c(cc1O)CC(C)C1C2CCC2/C(=C/COCCN(C)C)CCC21. The van der Waals surface area contributed by atoms with Gasteiger partial charge in [0.2, 0.25) is 0 Å². The summed E-state index contributed by atoms with van der Waals surface area (Å²) in [6, 6.07) is 4.34. The number of allylic oxidation sites excluding steroid dienone is 1. The molecular formula is C25H37NO2. The van der Waals surface area contributed by atoms with Crippen LogP contribution < -0.4 is 0 Å². The summed E-state index contributed by atoms with van der Waals surface area (Å²) < 4.78 is 5.84. The van der Waals surface area contributed by atoms with Crippen molar-refractivity contribution in [1.29, 1.82) is 0 Å². The molecule has 28 heavy (non-hydrogen) atoms. The molecule has 2 saturated carbocycles. The largest absolute Gasteiger partial charge is 0.508 e. The van der Waals surface area contributed by atoms with Crippen molar-refractivity contribution in [3.05, 3.63) is 40.5 Å². The number of rotatable bonds is 5. The van der Waals surface area contributed by atoms with Crippen LogP contribution in [0.3, 0.4) is 0 Å². The Bertz CT molecular complexity index is 738. The first kappa shape index (κ1) is 20.0. The molecule has 0 heterocycles. The summed E-state index contributed by atoms with van der Waals surface area (Å²) >= 11 is 0. The summed E-state index contributed by atoms with van der Waals surface area (Å²) in [5.41, 5.74) is 5.66. The molecule has 1 N–H and O–H groups in total. The number of likely N-dealkylation sites (N-methyl/N-ethyl adjacent to an activating group) is 1. The highest BCUT2D eigenvalue weighted by atomic mass is 16.5. The molecule has 5 unspecified atom stereocenters. The van der Waals surface area contributed by atoms with E-state index in [1.54, 1.807) is 11.1 Å². The highest BCUT2D eigenvalue weighted by Gasteiger charge is 2.48. The van der Waals surface area contributed by atoms with Gasteiger partial charge in [-0.2, -0.15) is 0 Å². The van der Waals surface area contributed by atoms with Crippen LogP contribution >= 0.6 is 0 Å².